The highest BCUT2D eigenvalue weighted by molar-refractivity contribution is 5.60. The minimum absolute atomic E-state index is 0.0658. The van der Waals surface area contributed by atoms with E-state index in [-0.39, 0.29) is 5.69 Å². The highest BCUT2D eigenvalue weighted by Gasteiger charge is 2.02. The van der Waals surface area contributed by atoms with E-state index in [0.717, 1.165) is 18.4 Å². The van der Waals surface area contributed by atoms with Crippen LogP contribution in [0.15, 0.2) is 53.9 Å². The molecule has 0 aliphatic rings. The Hall–Kier alpha value is -2.76. The van der Waals surface area contributed by atoms with Gasteiger partial charge in [-0.25, -0.2) is 0 Å². The van der Waals surface area contributed by atoms with Crippen LogP contribution in [-0.4, -0.2) is 16.1 Å². The summed E-state index contributed by atoms with van der Waals surface area (Å²) in [5.74, 6) is 0. The van der Waals surface area contributed by atoms with Crippen LogP contribution >= 0.6 is 0 Å². The number of hydrogen-bond donors (Lipinski definition) is 1. The molecule has 1 aromatic carbocycles. The highest BCUT2D eigenvalue weighted by atomic mass is 16.6. The van der Waals surface area contributed by atoms with Crippen LogP contribution in [0.1, 0.15) is 12.0 Å². The fourth-order valence-corrected chi connectivity index (χ4v) is 1.62. The topological polar surface area (TPSA) is 80.4 Å². The number of aromatic nitrogens is 1. The zero-order valence-corrected chi connectivity index (χ0v) is 10.8. The predicted octanol–water partition coefficient (Wildman–Crippen LogP) is 3.02. The molecule has 0 aliphatic carbocycles. The van der Waals surface area contributed by atoms with Gasteiger partial charge < -0.3 is 0 Å². The van der Waals surface area contributed by atoms with E-state index in [4.69, 9.17) is 0 Å². The van der Waals surface area contributed by atoms with Crippen LogP contribution in [0.5, 0.6) is 0 Å². The highest BCUT2D eigenvalue weighted by Crippen LogP contribution is 2.15. The molecule has 6 nitrogen and oxygen atoms in total. The van der Waals surface area contributed by atoms with Crippen molar-refractivity contribution in [1.29, 1.82) is 0 Å². The molecule has 1 heterocycles. The summed E-state index contributed by atoms with van der Waals surface area (Å²) in [6.07, 6.45) is 7.02. The third kappa shape index (κ3) is 4.16. The summed E-state index contributed by atoms with van der Waals surface area (Å²) in [6.45, 7) is 0. The summed E-state index contributed by atoms with van der Waals surface area (Å²) in [5.41, 5.74) is 4.77. The van der Waals surface area contributed by atoms with E-state index in [1.165, 1.54) is 12.1 Å². The third-order valence-electron chi connectivity index (χ3n) is 2.65. The van der Waals surface area contributed by atoms with Gasteiger partial charge >= 0.3 is 0 Å². The Balaban J connectivity index is 1.77. The quantitative estimate of drug-likeness (QED) is 0.497. The van der Waals surface area contributed by atoms with E-state index in [9.17, 15) is 10.1 Å². The zero-order valence-electron chi connectivity index (χ0n) is 10.8. The Morgan fingerprint density at radius 3 is 2.75 bits per heavy atom. The molecule has 0 saturated carbocycles. The van der Waals surface area contributed by atoms with Crippen molar-refractivity contribution in [3.05, 3.63) is 64.5 Å². The van der Waals surface area contributed by atoms with Crippen molar-refractivity contribution in [2.24, 2.45) is 5.10 Å². The lowest BCUT2D eigenvalue weighted by Crippen LogP contribution is -1.92. The first-order valence-corrected chi connectivity index (χ1v) is 6.16. The second-order valence-electron chi connectivity index (χ2n) is 4.13. The van der Waals surface area contributed by atoms with Gasteiger partial charge in [0.25, 0.3) is 5.69 Å². The molecule has 6 heteroatoms. The van der Waals surface area contributed by atoms with Crippen molar-refractivity contribution in [2.45, 2.75) is 12.8 Å². The number of rotatable bonds is 6. The van der Waals surface area contributed by atoms with Gasteiger partial charge in [-0.15, -0.1) is 0 Å². The number of hydrogen-bond acceptors (Lipinski definition) is 5. The molecule has 102 valence electrons. The Labute approximate surface area is 116 Å². The van der Waals surface area contributed by atoms with Crippen LogP contribution in [0.2, 0.25) is 0 Å². The molecule has 0 radical (unpaired) electrons. The van der Waals surface area contributed by atoms with Crippen LogP contribution in [0.3, 0.4) is 0 Å². The number of pyridine rings is 1. The molecule has 0 bridgehead atoms. The Kier molecular flexibility index (Phi) is 4.77. The summed E-state index contributed by atoms with van der Waals surface area (Å²) < 4.78 is 0. The SMILES string of the molecule is O=[N+]([O-])c1ccc(N/N=C/CCc2cccnc2)cc1. The van der Waals surface area contributed by atoms with Gasteiger partial charge in [-0.3, -0.25) is 20.5 Å². The molecule has 0 saturated heterocycles. The van der Waals surface area contributed by atoms with E-state index >= 15 is 0 Å². The smallest absolute Gasteiger partial charge is 0.269 e. The number of benzene rings is 1. The van der Waals surface area contributed by atoms with Crippen LogP contribution in [0.4, 0.5) is 11.4 Å². The molecule has 0 amide bonds. The Morgan fingerprint density at radius 1 is 1.30 bits per heavy atom. The summed E-state index contributed by atoms with van der Waals surface area (Å²) in [7, 11) is 0. The van der Waals surface area contributed by atoms with Crippen molar-refractivity contribution in [3.8, 4) is 0 Å². The normalized spacial score (nSPS) is 10.6. The van der Waals surface area contributed by atoms with Crippen LogP contribution in [-0.2, 0) is 6.42 Å². The molecule has 1 aromatic heterocycles. The number of anilines is 1. The maximum atomic E-state index is 10.5. The summed E-state index contributed by atoms with van der Waals surface area (Å²) in [6, 6.07) is 10.0. The molecule has 20 heavy (non-hydrogen) atoms. The predicted molar refractivity (Wildman–Crippen MR) is 77.8 cm³/mol. The lowest BCUT2D eigenvalue weighted by atomic mass is 10.2. The molecule has 0 aliphatic heterocycles. The number of nitro groups is 1. The first-order chi connectivity index (χ1) is 9.75. The molecule has 0 atom stereocenters. The first kappa shape index (κ1) is 13.7. The average Bonchev–Trinajstić information content (AvgIpc) is 2.48. The molecular weight excluding hydrogens is 256 g/mol. The lowest BCUT2D eigenvalue weighted by Gasteiger charge is -1.99. The zero-order chi connectivity index (χ0) is 14.2. The van der Waals surface area contributed by atoms with Crippen LogP contribution in [0.25, 0.3) is 0 Å². The van der Waals surface area contributed by atoms with Crippen molar-refractivity contribution < 1.29 is 4.92 Å². The number of non-ortho nitro benzene ring substituents is 1. The number of aryl methyl sites for hydroxylation is 1. The largest absolute Gasteiger partial charge is 0.279 e. The monoisotopic (exact) mass is 270 g/mol. The Morgan fingerprint density at radius 2 is 2.10 bits per heavy atom. The fourth-order valence-electron chi connectivity index (χ4n) is 1.62. The molecule has 0 fully saturated rings. The van der Waals surface area contributed by atoms with Crippen molar-refractivity contribution in [2.75, 3.05) is 5.43 Å². The number of nitro benzene ring substituents is 1. The van der Waals surface area contributed by atoms with Crippen molar-refractivity contribution in [3.63, 3.8) is 0 Å². The van der Waals surface area contributed by atoms with Gasteiger partial charge in [-0.1, -0.05) is 6.07 Å². The molecule has 2 rings (SSSR count). The molecule has 1 N–H and O–H groups in total. The van der Waals surface area contributed by atoms with E-state index < -0.39 is 4.92 Å². The standard InChI is InChI=1S/C14H14N4O2/c19-18(20)14-7-5-13(6-8-14)17-16-10-2-4-12-3-1-9-15-11-12/h1,3,5-11,17H,2,4H2/b16-10+. The second kappa shape index (κ2) is 6.98. The maximum absolute atomic E-state index is 10.5. The minimum Gasteiger partial charge on any atom is -0.279 e. The van der Waals surface area contributed by atoms with E-state index in [1.54, 1.807) is 24.5 Å². The molecule has 0 unspecified atom stereocenters. The van der Waals surface area contributed by atoms with Gasteiger partial charge in [0.1, 0.15) is 0 Å². The minimum atomic E-state index is -0.430. The number of hydrazone groups is 1. The van der Waals surface area contributed by atoms with E-state index in [1.807, 2.05) is 18.3 Å². The third-order valence-corrected chi connectivity index (χ3v) is 2.65. The fraction of sp³-hybridized carbons (Fsp3) is 0.143. The Bertz CT molecular complexity index is 582. The average molecular weight is 270 g/mol. The second-order valence-corrected chi connectivity index (χ2v) is 4.13. The number of nitrogens with one attached hydrogen (secondary N) is 1. The van der Waals surface area contributed by atoms with Gasteiger partial charge in [-0.05, 0) is 36.6 Å². The maximum Gasteiger partial charge on any atom is 0.269 e. The molecular formula is C14H14N4O2. The van der Waals surface area contributed by atoms with Gasteiger partial charge in [0.15, 0.2) is 0 Å². The van der Waals surface area contributed by atoms with Crippen molar-refractivity contribution >= 4 is 17.6 Å². The first-order valence-electron chi connectivity index (χ1n) is 6.16. The van der Waals surface area contributed by atoms with Gasteiger partial charge in [-0.2, -0.15) is 5.10 Å². The van der Waals surface area contributed by atoms with E-state index in [2.05, 4.69) is 15.5 Å². The molecule has 2 aromatic rings. The van der Waals surface area contributed by atoms with Gasteiger partial charge in [0.2, 0.25) is 0 Å². The van der Waals surface area contributed by atoms with Crippen LogP contribution in [0, 0.1) is 10.1 Å². The van der Waals surface area contributed by atoms with E-state index in [0.29, 0.717) is 5.69 Å². The lowest BCUT2D eigenvalue weighted by molar-refractivity contribution is -0.384. The summed E-state index contributed by atoms with van der Waals surface area (Å²) in [5, 5.41) is 14.6. The molecule has 0 spiro atoms. The summed E-state index contributed by atoms with van der Waals surface area (Å²) >= 11 is 0. The van der Waals surface area contributed by atoms with Gasteiger partial charge in [0, 0.05) is 30.7 Å². The number of nitrogens with zero attached hydrogens (tertiary/aromatic N) is 3. The van der Waals surface area contributed by atoms with Gasteiger partial charge in [0.05, 0.1) is 10.6 Å². The van der Waals surface area contributed by atoms with Crippen molar-refractivity contribution in [1.82, 2.24) is 4.98 Å². The summed E-state index contributed by atoms with van der Waals surface area (Å²) in [4.78, 5) is 14.1. The van der Waals surface area contributed by atoms with Crippen LogP contribution < -0.4 is 5.43 Å².